The van der Waals surface area contributed by atoms with Crippen LogP contribution in [0.2, 0.25) is 0 Å². The van der Waals surface area contributed by atoms with Crippen molar-refractivity contribution < 1.29 is 14.6 Å². The third kappa shape index (κ3) is 6.02. The number of aliphatic hydroxyl groups excluding tert-OH is 1. The van der Waals surface area contributed by atoms with Crippen molar-refractivity contribution in [2.75, 3.05) is 26.9 Å². The highest BCUT2D eigenvalue weighted by Crippen LogP contribution is 2.22. The van der Waals surface area contributed by atoms with Crippen LogP contribution in [0.3, 0.4) is 0 Å². The molecule has 0 fully saturated rings. The van der Waals surface area contributed by atoms with E-state index in [9.17, 15) is 5.11 Å². The van der Waals surface area contributed by atoms with E-state index in [4.69, 9.17) is 9.47 Å². The van der Waals surface area contributed by atoms with Crippen molar-refractivity contribution in [1.29, 1.82) is 0 Å². The molecule has 23 heavy (non-hydrogen) atoms. The number of nitrogens with one attached hydrogen (secondary N) is 1. The topological polar surface area (TPSA) is 50.7 Å². The molecule has 0 amide bonds. The molecular weight excluding hydrogens is 290 g/mol. The molecule has 2 N–H and O–H groups in total. The Morgan fingerprint density at radius 1 is 0.957 bits per heavy atom. The molecule has 0 aliphatic carbocycles. The van der Waals surface area contributed by atoms with E-state index in [1.807, 2.05) is 49.4 Å². The molecule has 0 unspecified atom stereocenters. The summed E-state index contributed by atoms with van der Waals surface area (Å²) >= 11 is 0. The zero-order chi connectivity index (χ0) is 16.5. The van der Waals surface area contributed by atoms with Gasteiger partial charge in [0.1, 0.15) is 18.5 Å². The van der Waals surface area contributed by atoms with Crippen molar-refractivity contribution in [3.8, 4) is 16.9 Å². The fourth-order valence-electron chi connectivity index (χ4n) is 2.27. The number of benzene rings is 2. The quantitative estimate of drug-likeness (QED) is 0.747. The van der Waals surface area contributed by atoms with Crippen LogP contribution < -0.4 is 10.1 Å². The van der Waals surface area contributed by atoms with Crippen LogP contribution >= 0.6 is 0 Å². The predicted octanol–water partition coefficient (Wildman–Crippen LogP) is 2.72. The molecule has 0 aliphatic rings. The van der Waals surface area contributed by atoms with E-state index in [0.29, 0.717) is 13.2 Å². The van der Waals surface area contributed by atoms with E-state index in [-0.39, 0.29) is 12.6 Å². The number of ether oxygens (including phenoxy) is 2. The number of hydrogen-bond acceptors (Lipinski definition) is 4. The average molecular weight is 315 g/mol. The van der Waals surface area contributed by atoms with Crippen molar-refractivity contribution >= 4 is 0 Å². The number of hydrogen-bond donors (Lipinski definition) is 2. The summed E-state index contributed by atoms with van der Waals surface area (Å²) in [5, 5.41) is 13.1. The summed E-state index contributed by atoms with van der Waals surface area (Å²) in [5.74, 6) is 0.758. The van der Waals surface area contributed by atoms with Crippen LogP contribution in [0.25, 0.3) is 11.1 Å². The lowest BCUT2D eigenvalue weighted by molar-refractivity contribution is 0.0973. The van der Waals surface area contributed by atoms with Gasteiger partial charge in [-0.05, 0) is 30.2 Å². The third-order valence-electron chi connectivity index (χ3n) is 3.52. The van der Waals surface area contributed by atoms with E-state index >= 15 is 0 Å². The van der Waals surface area contributed by atoms with E-state index in [0.717, 1.165) is 11.3 Å². The van der Waals surface area contributed by atoms with Crippen LogP contribution in [0, 0.1) is 0 Å². The summed E-state index contributed by atoms with van der Waals surface area (Å²) in [6.45, 7) is 3.37. The molecular formula is C19H25NO3. The Balaban J connectivity index is 1.78. The average Bonchev–Trinajstić information content (AvgIpc) is 2.59. The zero-order valence-corrected chi connectivity index (χ0v) is 13.7. The third-order valence-corrected chi connectivity index (χ3v) is 3.52. The summed E-state index contributed by atoms with van der Waals surface area (Å²) in [6, 6.07) is 18.3. The lowest BCUT2D eigenvalue weighted by Gasteiger charge is -2.17. The van der Waals surface area contributed by atoms with Crippen LogP contribution in [0.15, 0.2) is 54.6 Å². The van der Waals surface area contributed by atoms with Crippen LogP contribution in [-0.2, 0) is 4.74 Å². The number of methoxy groups -OCH3 is 1. The van der Waals surface area contributed by atoms with Gasteiger partial charge in [-0.1, -0.05) is 42.5 Å². The molecule has 0 spiro atoms. The zero-order valence-electron chi connectivity index (χ0n) is 13.7. The smallest absolute Gasteiger partial charge is 0.119 e. The summed E-state index contributed by atoms with van der Waals surface area (Å²) in [4.78, 5) is 0. The highest BCUT2D eigenvalue weighted by molar-refractivity contribution is 5.63. The molecule has 4 nitrogen and oxygen atoms in total. The molecule has 124 valence electrons. The normalized spacial score (nSPS) is 13.5. The van der Waals surface area contributed by atoms with Gasteiger partial charge in [-0.3, -0.25) is 0 Å². The van der Waals surface area contributed by atoms with Gasteiger partial charge in [0.15, 0.2) is 0 Å². The maximum atomic E-state index is 9.93. The molecule has 2 aromatic rings. The largest absolute Gasteiger partial charge is 0.491 e. The molecule has 0 saturated carbocycles. The molecule has 0 aliphatic heterocycles. The lowest BCUT2D eigenvalue weighted by atomic mass is 10.1. The molecule has 2 atom stereocenters. The van der Waals surface area contributed by atoms with Gasteiger partial charge in [0.05, 0.1) is 6.61 Å². The SMILES string of the molecule is COC[C@@H](C)NC[C@@H](O)COc1ccc(-c2ccccc2)cc1. The van der Waals surface area contributed by atoms with Crippen LogP contribution in [0.1, 0.15) is 6.92 Å². The molecule has 0 saturated heterocycles. The number of rotatable bonds is 9. The molecule has 0 radical (unpaired) electrons. The highest BCUT2D eigenvalue weighted by atomic mass is 16.5. The molecule has 4 heteroatoms. The second kappa shape index (κ2) is 9.30. The van der Waals surface area contributed by atoms with E-state index in [1.165, 1.54) is 5.56 Å². The van der Waals surface area contributed by atoms with E-state index in [2.05, 4.69) is 17.4 Å². The van der Waals surface area contributed by atoms with E-state index in [1.54, 1.807) is 7.11 Å². The standard InChI is InChI=1S/C19H25NO3/c1-15(13-22-2)20-12-18(21)14-23-19-10-8-17(9-11-19)16-6-4-3-5-7-16/h3-11,15,18,20-21H,12-14H2,1-2H3/t15-,18-/m1/s1. The Morgan fingerprint density at radius 3 is 2.26 bits per heavy atom. The van der Waals surface area contributed by atoms with Gasteiger partial charge in [0.25, 0.3) is 0 Å². The van der Waals surface area contributed by atoms with Crippen molar-refractivity contribution in [2.45, 2.75) is 19.1 Å². The maximum Gasteiger partial charge on any atom is 0.119 e. The van der Waals surface area contributed by atoms with Crippen molar-refractivity contribution in [3.63, 3.8) is 0 Å². The van der Waals surface area contributed by atoms with Crippen molar-refractivity contribution in [1.82, 2.24) is 5.32 Å². The lowest BCUT2D eigenvalue weighted by Crippen LogP contribution is -2.38. The Hall–Kier alpha value is -1.88. The fourth-order valence-corrected chi connectivity index (χ4v) is 2.27. The van der Waals surface area contributed by atoms with Gasteiger partial charge in [-0.2, -0.15) is 0 Å². The highest BCUT2D eigenvalue weighted by Gasteiger charge is 2.08. The van der Waals surface area contributed by atoms with Crippen molar-refractivity contribution in [2.24, 2.45) is 0 Å². The minimum Gasteiger partial charge on any atom is -0.491 e. The van der Waals surface area contributed by atoms with Gasteiger partial charge in [-0.15, -0.1) is 0 Å². The van der Waals surface area contributed by atoms with Gasteiger partial charge in [0.2, 0.25) is 0 Å². The van der Waals surface area contributed by atoms with Gasteiger partial charge < -0.3 is 19.9 Å². The fraction of sp³-hybridized carbons (Fsp3) is 0.368. The minimum absolute atomic E-state index is 0.208. The summed E-state index contributed by atoms with van der Waals surface area (Å²) < 4.78 is 10.7. The Kier molecular flexibility index (Phi) is 7.07. The first kappa shape index (κ1) is 17.5. The van der Waals surface area contributed by atoms with Crippen LogP contribution in [0.5, 0.6) is 5.75 Å². The summed E-state index contributed by atoms with van der Waals surface area (Å²) in [5.41, 5.74) is 2.32. The molecule has 0 bridgehead atoms. The second-order valence-electron chi connectivity index (χ2n) is 5.62. The monoisotopic (exact) mass is 315 g/mol. The predicted molar refractivity (Wildman–Crippen MR) is 92.7 cm³/mol. The number of aliphatic hydroxyl groups is 1. The maximum absolute atomic E-state index is 9.93. The molecule has 2 aromatic carbocycles. The molecule has 0 heterocycles. The first-order valence-electron chi connectivity index (χ1n) is 7.87. The van der Waals surface area contributed by atoms with Crippen molar-refractivity contribution in [3.05, 3.63) is 54.6 Å². The van der Waals surface area contributed by atoms with Crippen LogP contribution in [-0.4, -0.2) is 44.1 Å². The van der Waals surface area contributed by atoms with E-state index < -0.39 is 6.10 Å². The molecule has 0 aromatic heterocycles. The first-order valence-corrected chi connectivity index (χ1v) is 7.87. The van der Waals surface area contributed by atoms with Gasteiger partial charge in [-0.25, -0.2) is 0 Å². The first-order chi connectivity index (χ1) is 11.2. The van der Waals surface area contributed by atoms with Gasteiger partial charge in [0, 0.05) is 19.7 Å². The Bertz CT molecular complexity index is 557. The molecule has 2 rings (SSSR count). The second-order valence-corrected chi connectivity index (χ2v) is 5.62. The summed E-state index contributed by atoms with van der Waals surface area (Å²) in [6.07, 6.45) is -0.553. The van der Waals surface area contributed by atoms with Crippen LogP contribution in [0.4, 0.5) is 0 Å². The van der Waals surface area contributed by atoms with Gasteiger partial charge >= 0.3 is 0 Å². The Morgan fingerprint density at radius 2 is 1.61 bits per heavy atom. The Labute approximate surface area is 138 Å². The minimum atomic E-state index is -0.553. The summed E-state index contributed by atoms with van der Waals surface area (Å²) in [7, 11) is 1.66.